The average Bonchev–Trinajstić information content (AvgIpc) is 2.81. The van der Waals surface area contributed by atoms with Gasteiger partial charge in [0.1, 0.15) is 0 Å². The maximum absolute atomic E-state index is 10.1. The Morgan fingerprint density at radius 3 is 3.00 bits per heavy atom. The first-order valence-corrected chi connectivity index (χ1v) is 6.89. The number of rotatable bonds is 5. The zero-order valence-corrected chi connectivity index (χ0v) is 11.2. The number of nitrogen functional groups attached to an aromatic ring is 1. The number of halogens is 1. The summed E-state index contributed by atoms with van der Waals surface area (Å²) >= 11 is 5.83. The van der Waals surface area contributed by atoms with Gasteiger partial charge in [0.15, 0.2) is 0 Å². The Kier molecular flexibility index (Phi) is 4.87. The van der Waals surface area contributed by atoms with Gasteiger partial charge in [-0.25, -0.2) is 0 Å². The molecular formula is C14H20ClNO2. The molecule has 100 valence electrons. The molecule has 4 heteroatoms. The van der Waals surface area contributed by atoms with Crippen LogP contribution in [0, 0.1) is 0 Å². The van der Waals surface area contributed by atoms with E-state index >= 15 is 0 Å². The van der Waals surface area contributed by atoms with Gasteiger partial charge in [0.25, 0.3) is 0 Å². The van der Waals surface area contributed by atoms with Crippen molar-refractivity contribution in [3.05, 3.63) is 28.8 Å². The van der Waals surface area contributed by atoms with E-state index in [0.717, 1.165) is 37.9 Å². The average molecular weight is 270 g/mol. The highest BCUT2D eigenvalue weighted by Gasteiger charge is 2.16. The zero-order chi connectivity index (χ0) is 13.0. The van der Waals surface area contributed by atoms with E-state index in [-0.39, 0.29) is 0 Å². The van der Waals surface area contributed by atoms with Crippen LogP contribution in [0.2, 0.25) is 5.02 Å². The molecule has 18 heavy (non-hydrogen) atoms. The highest BCUT2D eigenvalue weighted by molar-refractivity contribution is 6.30. The summed E-state index contributed by atoms with van der Waals surface area (Å²) in [5, 5.41) is 10.7. The quantitative estimate of drug-likeness (QED) is 0.807. The van der Waals surface area contributed by atoms with E-state index in [1.807, 2.05) is 0 Å². The number of aliphatic hydroxyl groups excluding tert-OH is 1. The summed E-state index contributed by atoms with van der Waals surface area (Å²) in [4.78, 5) is 0. The van der Waals surface area contributed by atoms with Crippen molar-refractivity contribution in [1.29, 1.82) is 0 Å². The van der Waals surface area contributed by atoms with Gasteiger partial charge in [0, 0.05) is 22.9 Å². The predicted molar refractivity (Wildman–Crippen MR) is 73.6 cm³/mol. The van der Waals surface area contributed by atoms with Crippen LogP contribution >= 0.6 is 11.6 Å². The minimum atomic E-state index is -0.510. The van der Waals surface area contributed by atoms with Crippen molar-refractivity contribution >= 4 is 17.3 Å². The van der Waals surface area contributed by atoms with Crippen LogP contribution in [0.1, 0.15) is 43.8 Å². The van der Waals surface area contributed by atoms with Crippen LogP contribution in [-0.4, -0.2) is 17.8 Å². The van der Waals surface area contributed by atoms with Gasteiger partial charge in [-0.05, 0) is 44.2 Å². The van der Waals surface area contributed by atoms with Crippen LogP contribution in [-0.2, 0) is 4.74 Å². The molecule has 1 fully saturated rings. The molecule has 1 saturated heterocycles. The van der Waals surface area contributed by atoms with Gasteiger partial charge >= 0.3 is 0 Å². The Labute approximate surface area is 113 Å². The van der Waals surface area contributed by atoms with Crippen molar-refractivity contribution < 1.29 is 9.84 Å². The number of aliphatic hydroxyl groups is 1. The number of hydrogen-bond donors (Lipinski definition) is 2. The summed E-state index contributed by atoms with van der Waals surface area (Å²) < 4.78 is 5.56. The molecule has 0 aliphatic carbocycles. The molecule has 0 spiro atoms. The lowest BCUT2D eigenvalue weighted by molar-refractivity contribution is 0.0945. The highest BCUT2D eigenvalue weighted by atomic mass is 35.5. The van der Waals surface area contributed by atoms with E-state index in [4.69, 9.17) is 22.1 Å². The summed E-state index contributed by atoms with van der Waals surface area (Å²) in [5.74, 6) is 0. The molecule has 1 aliphatic rings. The smallest absolute Gasteiger partial charge is 0.0810 e. The van der Waals surface area contributed by atoms with Gasteiger partial charge in [-0.3, -0.25) is 0 Å². The zero-order valence-electron chi connectivity index (χ0n) is 10.4. The van der Waals surface area contributed by atoms with E-state index in [0.29, 0.717) is 23.2 Å². The summed E-state index contributed by atoms with van der Waals surface area (Å²) in [6.45, 7) is 0.886. The molecule has 0 radical (unpaired) electrons. The van der Waals surface area contributed by atoms with E-state index in [1.54, 1.807) is 18.2 Å². The maximum atomic E-state index is 10.1. The first-order chi connectivity index (χ1) is 8.66. The monoisotopic (exact) mass is 269 g/mol. The SMILES string of the molecule is Nc1cc(Cl)ccc1C(O)CCCC1CCCO1. The number of ether oxygens (including phenoxy) is 1. The number of benzene rings is 1. The third kappa shape index (κ3) is 3.61. The topological polar surface area (TPSA) is 55.5 Å². The molecule has 2 atom stereocenters. The van der Waals surface area contributed by atoms with E-state index in [9.17, 15) is 5.11 Å². The molecule has 1 aliphatic heterocycles. The van der Waals surface area contributed by atoms with Crippen molar-refractivity contribution in [1.82, 2.24) is 0 Å². The van der Waals surface area contributed by atoms with Crippen LogP contribution in [0.25, 0.3) is 0 Å². The Bertz CT molecular complexity index is 391. The Morgan fingerprint density at radius 1 is 1.50 bits per heavy atom. The van der Waals surface area contributed by atoms with Crippen molar-refractivity contribution in [2.75, 3.05) is 12.3 Å². The summed E-state index contributed by atoms with van der Waals surface area (Å²) in [5.41, 5.74) is 7.18. The largest absolute Gasteiger partial charge is 0.398 e. The van der Waals surface area contributed by atoms with Crippen LogP contribution < -0.4 is 5.73 Å². The van der Waals surface area contributed by atoms with Gasteiger partial charge in [-0.1, -0.05) is 17.7 Å². The normalized spacial score (nSPS) is 21.1. The minimum absolute atomic E-state index is 0.389. The molecule has 2 rings (SSSR count). The molecule has 2 unspecified atom stereocenters. The highest BCUT2D eigenvalue weighted by Crippen LogP contribution is 2.28. The molecule has 3 N–H and O–H groups in total. The molecule has 0 amide bonds. The first kappa shape index (κ1) is 13.7. The van der Waals surface area contributed by atoms with Crippen molar-refractivity contribution in [3.63, 3.8) is 0 Å². The molecule has 0 saturated carbocycles. The second kappa shape index (κ2) is 6.41. The van der Waals surface area contributed by atoms with Crippen molar-refractivity contribution in [3.8, 4) is 0 Å². The van der Waals surface area contributed by atoms with E-state index in [2.05, 4.69) is 0 Å². The lowest BCUT2D eigenvalue weighted by Crippen LogP contribution is -2.07. The fourth-order valence-corrected chi connectivity index (χ4v) is 2.60. The van der Waals surface area contributed by atoms with Gasteiger partial charge in [0.05, 0.1) is 12.2 Å². The number of hydrogen-bond acceptors (Lipinski definition) is 3. The molecular weight excluding hydrogens is 250 g/mol. The predicted octanol–water partition coefficient (Wildman–Crippen LogP) is 3.30. The van der Waals surface area contributed by atoms with Crippen LogP contribution in [0.15, 0.2) is 18.2 Å². The standard InChI is InChI=1S/C14H20ClNO2/c15-10-6-7-12(13(16)9-10)14(17)5-1-3-11-4-2-8-18-11/h6-7,9,11,14,17H,1-5,8,16H2. The van der Waals surface area contributed by atoms with Gasteiger partial charge < -0.3 is 15.6 Å². The van der Waals surface area contributed by atoms with Gasteiger partial charge in [-0.15, -0.1) is 0 Å². The Balaban J connectivity index is 1.81. The van der Waals surface area contributed by atoms with Crippen LogP contribution in [0.5, 0.6) is 0 Å². The van der Waals surface area contributed by atoms with Gasteiger partial charge in [0.2, 0.25) is 0 Å². The fraction of sp³-hybridized carbons (Fsp3) is 0.571. The molecule has 1 aromatic carbocycles. The fourth-order valence-electron chi connectivity index (χ4n) is 2.42. The molecule has 0 aromatic heterocycles. The van der Waals surface area contributed by atoms with Crippen LogP contribution in [0.4, 0.5) is 5.69 Å². The molecule has 0 bridgehead atoms. The first-order valence-electron chi connectivity index (χ1n) is 6.51. The Morgan fingerprint density at radius 2 is 2.33 bits per heavy atom. The number of anilines is 1. The lowest BCUT2D eigenvalue weighted by Gasteiger charge is -2.15. The molecule has 1 heterocycles. The van der Waals surface area contributed by atoms with Crippen molar-refractivity contribution in [2.24, 2.45) is 0 Å². The Hall–Kier alpha value is -0.770. The van der Waals surface area contributed by atoms with Crippen LogP contribution in [0.3, 0.4) is 0 Å². The second-order valence-corrected chi connectivity index (χ2v) is 5.29. The summed E-state index contributed by atoms with van der Waals surface area (Å²) in [7, 11) is 0. The van der Waals surface area contributed by atoms with Crippen molar-refractivity contribution in [2.45, 2.75) is 44.3 Å². The molecule has 3 nitrogen and oxygen atoms in total. The third-order valence-corrected chi connectivity index (χ3v) is 3.67. The second-order valence-electron chi connectivity index (χ2n) is 4.85. The summed E-state index contributed by atoms with van der Waals surface area (Å²) in [6.07, 6.45) is 4.88. The third-order valence-electron chi connectivity index (χ3n) is 3.44. The van der Waals surface area contributed by atoms with E-state index < -0.39 is 6.10 Å². The van der Waals surface area contributed by atoms with Gasteiger partial charge in [-0.2, -0.15) is 0 Å². The molecule has 1 aromatic rings. The maximum Gasteiger partial charge on any atom is 0.0810 e. The minimum Gasteiger partial charge on any atom is -0.398 e. The summed E-state index contributed by atoms with van der Waals surface area (Å²) in [6, 6.07) is 5.24. The number of nitrogens with two attached hydrogens (primary N) is 1. The van der Waals surface area contributed by atoms with E-state index in [1.165, 1.54) is 0 Å². The lowest BCUT2D eigenvalue weighted by atomic mass is 10.0.